The molecule has 0 N–H and O–H groups in total. The van der Waals surface area contributed by atoms with Crippen molar-refractivity contribution >= 4 is 5.78 Å². The Kier molecular flexibility index (Phi) is 1.83. The molecule has 0 saturated heterocycles. The van der Waals surface area contributed by atoms with Crippen LogP contribution in [0.5, 0.6) is 0 Å². The number of allylic oxidation sites excluding steroid dienone is 4. The van der Waals surface area contributed by atoms with Gasteiger partial charge in [0.1, 0.15) is 0 Å². The van der Waals surface area contributed by atoms with Gasteiger partial charge in [-0.25, -0.2) is 0 Å². The fourth-order valence-corrected chi connectivity index (χ4v) is 0.904. The molecule has 48 valence electrons. The molecule has 1 heteroatoms. The number of carbonyl (C=O) groups is 1. The molecule has 0 aromatic heterocycles. The Morgan fingerprint density at radius 2 is 2.33 bits per heavy atom. The molecule has 0 bridgehead atoms. The van der Waals surface area contributed by atoms with E-state index in [4.69, 9.17) is 0 Å². The van der Waals surface area contributed by atoms with E-state index in [0.29, 0.717) is 0 Å². The highest BCUT2D eigenvalue weighted by atomic mass is 16.1. The number of carbonyl (C=O) groups excluding carboxylic acids is 1. The van der Waals surface area contributed by atoms with Crippen molar-refractivity contribution in [2.24, 2.45) is 5.92 Å². The highest BCUT2D eigenvalue weighted by Gasteiger charge is 2.10. The van der Waals surface area contributed by atoms with Crippen LogP contribution in [-0.2, 0) is 4.79 Å². The van der Waals surface area contributed by atoms with Crippen molar-refractivity contribution in [3.05, 3.63) is 24.3 Å². The van der Waals surface area contributed by atoms with Gasteiger partial charge in [-0.2, -0.15) is 0 Å². The second kappa shape index (κ2) is 2.62. The molecule has 0 amide bonds. The summed E-state index contributed by atoms with van der Waals surface area (Å²) < 4.78 is 0. The van der Waals surface area contributed by atoms with Crippen molar-refractivity contribution in [3.63, 3.8) is 0 Å². The Labute approximate surface area is 55.1 Å². The average Bonchev–Trinajstić information content (AvgIpc) is 1.89. The van der Waals surface area contributed by atoms with E-state index in [2.05, 4.69) is 0 Å². The van der Waals surface area contributed by atoms with Crippen molar-refractivity contribution in [1.29, 1.82) is 0 Å². The van der Waals surface area contributed by atoms with Crippen molar-refractivity contribution in [2.75, 3.05) is 0 Å². The zero-order chi connectivity index (χ0) is 6.69. The number of ketones is 1. The molecule has 9 heavy (non-hydrogen) atoms. The van der Waals surface area contributed by atoms with E-state index in [1.807, 2.05) is 19.1 Å². The van der Waals surface area contributed by atoms with Gasteiger partial charge in [-0.15, -0.1) is 0 Å². The second-order valence-corrected chi connectivity index (χ2v) is 2.16. The van der Waals surface area contributed by atoms with E-state index >= 15 is 0 Å². The standard InChI is InChI=1S/C8H10O/c1-2-7-5-3-4-6-8(7)9/h3-7H,2H2,1H3. The Bertz CT molecular complexity index is 165. The number of hydrogen-bond acceptors (Lipinski definition) is 1. The molecule has 0 fully saturated rings. The SMILES string of the molecule is CCC1C=CC=CC1=O. The fourth-order valence-electron chi connectivity index (χ4n) is 0.904. The largest absolute Gasteiger partial charge is 0.294 e. The van der Waals surface area contributed by atoms with Crippen molar-refractivity contribution < 1.29 is 4.79 Å². The van der Waals surface area contributed by atoms with E-state index in [1.165, 1.54) is 0 Å². The van der Waals surface area contributed by atoms with Crippen LogP contribution < -0.4 is 0 Å². The van der Waals surface area contributed by atoms with Crippen LogP contribution in [0.25, 0.3) is 0 Å². The van der Waals surface area contributed by atoms with Crippen LogP contribution in [0.3, 0.4) is 0 Å². The van der Waals surface area contributed by atoms with E-state index in [9.17, 15) is 4.79 Å². The summed E-state index contributed by atoms with van der Waals surface area (Å²) in [5.74, 6) is 0.384. The van der Waals surface area contributed by atoms with E-state index in [1.54, 1.807) is 12.2 Å². The van der Waals surface area contributed by atoms with E-state index in [-0.39, 0.29) is 11.7 Å². The Balaban J connectivity index is 2.66. The van der Waals surface area contributed by atoms with Crippen LogP contribution in [-0.4, -0.2) is 5.78 Å². The first-order valence-electron chi connectivity index (χ1n) is 3.23. The molecule has 0 spiro atoms. The molecule has 1 unspecified atom stereocenters. The van der Waals surface area contributed by atoms with Gasteiger partial charge in [0.15, 0.2) is 5.78 Å². The summed E-state index contributed by atoms with van der Waals surface area (Å²) in [6, 6.07) is 0. The molecule has 0 saturated carbocycles. The first-order valence-corrected chi connectivity index (χ1v) is 3.23. The summed E-state index contributed by atoms with van der Waals surface area (Å²) in [5, 5.41) is 0. The van der Waals surface area contributed by atoms with Crippen LogP contribution in [0.4, 0.5) is 0 Å². The summed E-state index contributed by atoms with van der Waals surface area (Å²) in [6.07, 6.45) is 8.21. The summed E-state index contributed by atoms with van der Waals surface area (Å²) in [6.45, 7) is 2.02. The summed E-state index contributed by atoms with van der Waals surface area (Å²) in [7, 11) is 0. The van der Waals surface area contributed by atoms with Gasteiger partial charge in [-0.1, -0.05) is 25.2 Å². The monoisotopic (exact) mass is 122 g/mol. The van der Waals surface area contributed by atoms with Crippen LogP contribution in [0.15, 0.2) is 24.3 Å². The summed E-state index contributed by atoms with van der Waals surface area (Å²) in [5.41, 5.74) is 0. The lowest BCUT2D eigenvalue weighted by molar-refractivity contribution is -0.117. The molecule has 1 atom stereocenters. The Morgan fingerprint density at radius 3 is 2.78 bits per heavy atom. The van der Waals surface area contributed by atoms with Crippen molar-refractivity contribution in [1.82, 2.24) is 0 Å². The third-order valence-electron chi connectivity index (χ3n) is 1.52. The molecule has 0 aromatic carbocycles. The van der Waals surface area contributed by atoms with Crippen LogP contribution >= 0.6 is 0 Å². The maximum atomic E-state index is 10.9. The minimum atomic E-state index is 0.148. The molecular formula is C8H10O. The molecule has 0 radical (unpaired) electrons. The van der Waals surface area contributed by atoms with Gasteiger partial charge in [-0.3, -0.25) is 4.79 Å². The maximum absolute atomic E-state index is 10.9. The first kappa shape index (κ1) is 6.27. The van der Waals surface area contributed by atoms with Gasteiger partial charge in [0.2, 0.25) is 0 Å². The third kappa shape index (κ3) is 1.28. The fraction of sp³-hybridized carbons (Fsp3) is 0.375. The number of hydrogen-bond donors (Lipinski definition) is 0. The van der Waals surface area contributed by atoms with Crippen LogP contribution in [0.2, 0.25) is 0 Å². The second-order valence-electron chi connectivity index (χ2n) is 2.16. The molecule has 0 aromatic rings. The van der Waals surface area contributed by atoms with Crippen LogP contribution in [0, 0.1) is 5.92 Å². The Morgan fingerprint density at radius 1 is 1.56 bits per heavy atom. The topological polar surface area (TPSA) is 17.1 Å². The summed E-state index contributed by atoms with van der Waals surface area (Å²) in [4.78, 5) is 10.9. The highest BCUT2D eigenvalue weighted by molar-refractivity contribution is 5.94. The van der Waals surface area contributed by atoms with E-state index < -0.39 is 0 Å². The van der Waals surface area contributed by atoms with Gasteiger partial charge >= 0.3 is 0 Å². The molecule has 1 nitrogen and oxygen atoms in total. The van der Waals surface area contributed by atoms with Gasteiger partial charge in [0, 0.05) is 5.92 Å². The minimum absolute atomic E-state index is 0.148. The minimum Gasteiger partial charge on any atom is -0.294 e. The highest BCUT2D eigenvalue weighted by Crippen LogP contribution is 2.10. The van der Waals surface area contributed by atoms with Gasteiger partial charge in [0.05, 0.1) is 0 Å². The summed E-state index contributed by atoms with van der Waals surface area (Å²) >= 11 is 0. The zero-order valence-corrected chi connectivity index (χ0v) is 5.50. The zero-order valence-electron chi connectivity index (χ0n) is 5.50. The maximum Gasteiger partial charge on any atom is 0.162 e. The first-order chi connectivity index (χ1) is 4.34. The molecule has 1 rings (SSSR count). The molecule has 1 aliphatic carbocycles. The molecule has 0 heterocycles. The predicted octanol–water partition coefficient (Wildman–Crippen LogP) is 1.71. The normalized spacial score (nSPS) is 25.0. The van der Waals surface area contributed by atoms with Crippen molar-refractivity contribution in [2.45, 2.75) is 13.3 Å². The lowest BCUT2D eigenvalue weighted by atomic mass is 9.97. The molecule has 0 aliphatic heterocycles. The predicted molar refractivity (Wildman–Crippen MR) is 37.1 cm³/mol. The van der Waals surface area contributed by atoms with Crippen LogP contribution in [0.1, 0.15) is 13.3 Å². The molecule has 1 aliphatic rings. The van der Waals surface area contributed by atoms with E-state index in [0.717, 1.165) is 6.42 Å². The molecular weight excluding hydrogens is 112 g/mol. The smallest absolute Gasteiger partial charge is 0.162 e. The quantitative estimate of drug-likeness (QED) is 0.517. The van der Waals surface area contributed by atoms with Gasteiger partial charge in [-0.05, 0) is 12.5 Å². The lowest BCUT2D eigenvalue weighted by Crippen LogP contribution is -2.09. The lowest BCUT2D eigenvalue weighted by Gasteiger charge is -2.06. The average molecular weight is 122 g/mol. The Hall–Kier alpha value is -0.850. The third-order valence-corrected chi connectivity index (χ3v) is 1.52. The van der Waals surface area contributed by atoms with Crippen molar-refractivity contribution in [3.8, 4) is 0 Å². The van der Waals surface area contributed by atoms with Gasteiger partial charge in [0.25, 0.3) is 0 Å². The number of rotatable bonds is 1. The van der Waals surface area contributed by atoms with Gasteiger partial charge < -0.3 is 0 Å².